The minimum absolute atomic E-state index is 0.160. The first-order chi connectivity index (χ1) is 12.2. The van der Waals surface area contributed by atoms with Gasteiger partial charge < -0.3 is 9.88 Å². The summed E-state index contributed by atoms with van der Waals surface area (Å²) in [5.74, 6) is -0.668. The molecule has 2 heterocycles. The lowest BCUT2D eigenvalue weighted by Crippen LogP contribution is -2.48. The van der Waals surface area contributed by atoms with Gasteiger partial charge in [-0.25, -0.2) is 4.39 Å². The molecule has 0 atom stereocenters. The number of H-pyrrole nitrogens is 1. The molecule has 0 spiro atoms. The molecule has 3 aromatic rings. The summed E-state index contributed by atoms with van der Waals surface area (Å²) in [5.41, 5.74) is 2.57. The standard InChI is InChI=1S/C20H20FN3O/c21-18-7-3-1-6-17(18)20(25)24-11-9-23(10-12-24)14-15-13-22-19-8-4-2-5-16(15)19/h1-8,13,22H,9-12,14H2. The normalized spacial score (nSPS) is 15.6. The van der Waals surface area contributed by atoms with Gasteiger partial charge in [0.15, 0.2) is 0 Å². The van der Waals surface area contributed by atoms with Crippen LogP contribution in [0.3, 0.4) is 0 Å². The van der Waals surface area contributed by atoms with E-state index >= 15 is 0 Å². The number of halogens is 1. The van der Waals surface area contributed by atoms with E-state index in [-0.39, 0.29) is 11.5 Å². The number of piperazine rings is 1. The molecule has 128 valence electrons. The Morgan fingerprint density at radius 1 is 1.00 bits per heavy atom. The van der Waals surface area contributed by atoms with Crippen molar-refractivity contribution >= 4 is 16.8 Å². The van der Waals surface area contributed by atoms with E-state index in [1.807, 2.05) is 12.1 Å². The lowest BCUT2D eigenvalue weighted by atomic mass is 10.1. The predicted octanol–water partition coefficient (Wildman–Crippen LogP) is 3.27. The van der Waals surface area contributed by atoms with E-state index in [0.29, 0.717) is 13.1 Å². The van der Waals surface area contributed by atoms with Gasteiger partial charge in [0.2, 0.25) is 0 Å². The molecule has 0 aliphatic carbocycles. The first-order valence-electron chi connectivity index (χ1n) is 8.53. The van der Waals surface area contributed by atoms with E-state index < -0.39 is 5.82 Å². The maximum absolute atomic E-state index is 13.8. The van der Waals surface area contributed by atoms with E-state index in [0.717, 1.165) is 25.2 Å². The second kappa shape index (κ2) is 6.69. The molecule has 1 N–H and O–H groups in total. The molecule has 0 radical (unpaired) electrons. The summed E-state index contributed by atoms with van der Waals surface area (Å²) in [5, 5.41) is 1.24. The van der Waals surface area contributed by atoms with Crippen LogP contribution in [0.5, 0.6) is 0 Å². The van der Waals surface area contributed by atoms with Crippen molar-refractivity contribution in [3.63, 3.8) is 0 Å². The Kier molecular flexibility index (Phi) is 4.24. The van der Waals surface area contributed by atoms with Crippen molar-refractivity contribution in [2.75, 3.05) is 26.2 Å². The second-order valence-corrected chi connectivity index (χ2v) is 6.41. The number of benzene rings is 2. The summed E-state index contributed by atoms with van der Waals surface area (Å²) in [7, 11) is 0. The van der Waals surface area contributed by atoms with Crippen LogP contribution in [0.2, 0.25) is 0 Å². The first-order valence-corrected chi connectivity index (χ1v) is 8.53. The molecule has 1 aliphatic heterocycles. The summed E-state index contributed by atoms with van der Waals surface area (Å²) in [6.45, 7) is 3.68. The number of carbonyl (C=O) groups is 1. The zero-order valence-corrected chi connectivity index (χ0v) is 13.9. The van der Waals surface area contributed by atoms with Crippen LogP contribution in [0.15, 0.2) is 54.7 Å². The summed E-state index contributed by atoms with van der Waals surface area (Å²) >= 11 is 0. The van der Waals surface area contributed by atoms with Crippen molar-refractivity contribution in [1.29, 1.82) is 0 Å². The van der Waals surface area contributed by atoms with E-state index in [1.165, 1.54) is 17.0 Å². The monoisotopic (exact) mass is 337 g/mol. The number of rotatable bonds is 3. The van der Waals surface area contributed by atoms with Gasteiger partial charge in [-0.1, -0.05) is 30.3 Å². The van der Waals surface area contributed by atoms with Gasteiger partial charge in [-0.2, -0.15) is 0 Å². The maximum Gasteiger partial charge on any atom is 0.256 e. The van der Waals surface area contributed by atoms with Crippen molar-refractivity contribution in [2.24, 2.45) is 0 Å². The molecule has 0 saturated carbocycles. The number of para-hydroxylation sites is 1. The van der Waals surface area contributed by atoms with E-state index in [1.54, 1.807) is 23.1 Å². The predicted molar refractivity (Wildman–Crippen MR) is 95.9 cm³/mol. The van der Waals surface area contributed by atoms with Crippen LogP contribution in [0.4, 0.5) is 4.39 Å². The Morgan fingerprint density at radius 3 is 2.52 bits per heavy atom. The van der Waals surface area contributed by atoms with Crippen molar-refractivity contribution in [3.05, 3.63) is 71.7 Å². The zero-order valence-electron chi connectivity index (χ0n) is 13.9. The van der Waals surface area contributed by atoms with Crippen LogP contribution < -0.4 is 0 Å². The van der Waals surface area contributed by atoms with Crippen molar-refractivity contribution < 1.29 is 9.18 Å². The highest BCUT2D eigenvalue weighted by Gasteiger charge is 2.24. The molecule has 1 amide bonds. The molecule has 4 rings (SSSR count). The van der Waals surface area contributed by atoms with Gasteiger partial charge in [0, 0.05) is 49.8 Å². The van der Waals surface area contributed by atoms with Gasteiger partial charge in [-0.05, 0) is 23.8 Å². The molecule has 1 aliphatic rings. The highest BCUT2D eigenvalue weighted by Crippen LogP contribution is 2.20. The van der Waals surface area contributed by atoms with Crippen LogP contribution in [-0.2, 0) is 6.54 Å². The van der Waals surface area contributed by atoms with Gasteiger partial charge in [0.1, 0.15) is 5.82 Å². The van der Waals surface area contributed by atoms with Gasteiger partial charge in [0.25, 0.3) is 5.91 Å². The average Bonchev–Trinajstić information content (AvgIpc) is 3.05. The molecule has 1 fully saturated rings. The van der Waals surface area contributed by atoms with E-state index in [9.17, 15) is 9.18 Å². The molecule has 1 saturated heterocycles. The number of amides is 1. The largest absolute Gasteiger partial charge is 0.361 e. The number of aromatic nitrogens is 1. The minimum atomic E-state index is -0.450. The number of nitrogens with zero attached hydrogens (tertiary/aromatic N) is 2. The van der Waals surface area contributed by atoms with Crippen molar-refractivity contribution in [1.82, 2.24) is 14.8 Å². The smallest absolute Gasteiger partial charge is 0.256 e. The summed E-state index contributed by atoms with van der Waals surface area (Å²) in [4.78, 5) is 19.9. The fourth-order valence-corrected chi connectivity index (χ4v) is 3.42. The van der Waals surface area contributed by atoms with Gasteiger partial charge in [-0.15, -0.1) is 0 Å². The number of hydrogen-bond acceptors (Lipinski definition) is 2. The van der Waals surface area contributed by atoms with Crippen LogP contribution in [0.25, 0.3) is 10.9 Å². The van der Waals surface area contributed by atoms with E-state index in [4.69, 9.17) is 0 Å². The number of carbonyl (C=O) groups excluding carboxylic acids is 1. The van der Waals surface area contributed by atoms with Crippen LogP contribution in [0.1, 0.15) is 15.9 Å². The Hall–Kier alpha value is -2.66. The third kappa shape index (κ3) is 3.15. The van der Waals surface area contributed by atoms with Crippen molar-refractivity contribution in [3.8, 4) is 0 Å². The van der Waals surface area contributed by atoms with Crippen LogP contribution >= 0.6 is 0 Å². The number of hydrogen-bond donors (Lipinski definition) is 1. The highest BCUT2D eigenvalue weighted by molar-refractivity contribution is 5.94. The lowest BCUT2D eigenvalue weighted by molar-refractivity contribution is 0.0624. The summed E-state index contributed by atoms with van der Waals surface area (Å²) < 4.78 is 13.8. The van der Waals surface area contributed by atoms with Crippen LogP contribution in [0, 0.1) is 5.82 Å². The summed E-state index contributed by atoms with van der Waals surface area (Å²) in [6.07, 6.45) is 2.06. The number of nitrogens with one attached hydrogen (secondary N) is 1. The molecule has 0 unspecified atom stereocenters. The minimum Gasteiger partial charge on any atom is -0.361 e. The molecule has 4 nitrogen and oxygen atoms in total. The third-order valence-electron chi connectivity index (χ3n) is 4.83. The molecular weight excluding hydrogens is 317 g/mol. The Labute approximate surface area is 145 Å². The Bertz CT molecular complexity index is 897. The fraction of sp³-hybridized carbons (Fsp3) is 0.250. The molecule has 0 bridgehead atoms. The van der Waals surface area contributed by atoms with Gasteiger partial charge in [0.05, 0.1) is 5.56 Å². The molecular formula is C20H20FN3O. The topological polar surface area (TPSA) is 39.3 Å². The highest BCUT2D eigenvalue weighted by atomic mass is 19.1. The van der Waals surface area contributed by atoms with Gasteiger partial charge in [-0.3, -0.25) is 9.69 Å². The quantitative estimate of drug-likeness (QED) is 0.797. The Balaban J connectivity index is 1.40. The SMILES string of the molecule is O=C(c1ccccc1F)N1CCN(Cc2c[nH]c3ccccc23)CC1. The lowest BCUT2D eigenvalue weighted by Gasteiger charge is -2.34. The average molecular weight is 337 g/mol. The fourth-order valence-electron chi connectivity index (χ4n) is 3.42. The molecule has 2 aromatic carbocycles. The van der Waals surface area contributed by atoms with E-state index in [2.05, 4.69) is 28.2 Å². The third-order valence-corrected chi connectivity index (χ3v) is 4.83. The van der Waals surface area contributed by atoms with Crippen LogP contribution in [-0.4, -0.2) is 46.9 Å². The Morgan fingerprint density at radius 2 is 1.72 bits per heavy atom. The summed E-state index contributed by atoms with van der Waals surface area (Å²) in [6, 6.07) is 14.5. The maximum atomic E-state index is 13.8. The first kappa shape index (κ1) is 15.8. The second-order valence-electron chi connectivity index (χ2n) is 6.41. The molecule has 5 heteroatoms. The number of aromatic amines is 1. The molecule has 25 heavy (non-hydrogen) atoms. The zero-order chi connectivity index (χ0) is 17.2. The van der Waals surface area contributed by atoms with Crippen molar-refractivity contribution in [2.45, 2.75) is 6.54 Å². The number of fused-ring (bicyclic) bond motifs is 1. The molecule has 1 aromatic heterocycles. The van der Waals surface area contributed by atoms with Gasteiger partial charge >= 0.3 is 0 Å².